The molecular weight excluding hydrogens is 245 g/mol. The number of aliphatic hydroxyl groups is 1. The monoisotopic (exact) mass is 261 g/mol. The third-order valence-electron chi connectivity index (χ3n) is 2.79. The molecule has 2 aromatic carbocycles. The van der Waals surface area contributed by atoms with Crippen LogP contribution in [-0.2, 0) is 11.3 Å². The molecule has 100 valence electrons. The lowest BCUT2D eigenvalue weighted by Crippen LogP contribution is -2.08. The predicted octanol–water partition coefficient (Wildman–Crippen LogP) is 2.66. The van der Waals surface area contributed by atoms with Crippen molar-refractivity contribution >= 4 is 5.69 Å². The number of benzene rings is 2. The van der Waals surface area contributed by atoms with E-state index >= 15 is 0 Å². The van der Waals surface area contributed by atoms with Gasteiger partial charge in [-0.25, -0.2) is 4.39 Å². The molecular formula is C15H16FNO2. The second-order valence-electron chi connectivity index (χ2n) is 4.29. The predicted molar refractivity (Wildman–Crippen MR) is 71.9 cm³/mol. The maximum Gasteiger partial charge on any atom is 0.128 e. The average Bonchev–Trinajstić information content (AvgIpc) is 2.41. The molecule has 1 atom stereocenters. The first kappa shape index (κ1) is 13.5. The minimum absolute atomic E-state index is 0.0950. The quantitative estimate of drug-likeness (QED) is 0.813. The Kier molecular flexibility index (Phi) is 4.49. The largest absolute Gasteiger partial charge is 0.399 e. The normalized spacial score (nSPS) is 12.3. The fraction of sp³-hybridized carbons (Fsp3) is 0.200. The highest BCUT2D eigenvalue weighted by atomic mass is 19.1. The molecule has 1 unspecified atom stereocenters. The van der Waals surface area contributed by atoms with E-state index in [1.165, 1.54) is 6.07 Å². The molecule has 0 spiro atoms. The van der Waals surface area contributed by atoms with Crippen LogP contribution in [0.5, 0.6) is 0 Å². The van der Waals surface area contributed by atoms with Gasteiger partial charge in [0.05, 0.1) is 13.2 Å². The first-order valence-corrected chi connectivity index (χ1v) is 6.01. The van der Waals surface area contributed by atoms with Crippen LogP contribution >= 0.6 is 0 Å². The molecule has 19 heavy (non-hydrogen) atoms. The van der Waals surface area contributed by atoms with Gasteiger partial charge in [0.15, 0.2) is 0 Å². The Bertz CT molecular complexity index is 545. The first-order chi connectivity index (χ1) is 9.16. The highest BCUT2D eigenvalue weighted by molar-refractivity contribution is 5.41. The van der Waals surface area contributed by atoms with Crippen molar-refractivity contribution in [2.45, 2.75) is 12.7 Å². The summed E-state index contributed by atoms with van der Waals surface area (Å²) in [7, 11) is 0. The summed E-state index contributed by atoms with van der Waals surface area (Å²) in [6.07, 6.45) is -0.768. The maximum atomic E-state index is 13.3. The maximum absolute atomic E-state index is 13.3. The summed E-state index contributed by atoms with van der Waals surface area (Å²) in [4.78, 5) is 0. The first-order valence-electron chi connectivity index (χ1n) is 6.01. The molecule has 0 heterocycles. The summed E-state index contributed by atoms with van der Waals surface area (Å²) in [6, 6.07) is 13.4. The molecule has 4 heteroatoms. The summed E-state index contributed by atoms with van der Waals surface area (Å²) in [6.45, 7) is 0.226. The van der Waals surface area contributed by atoms with Gasteiger partial charge in [0.1, 0.15) is 11.9 Å². The zero-order valence-electron chi connectivity index (χ0n) is 10.4. The van der Waals surface area contributed by atoms with E-state index in [4.69, 9.17) is 10.5 Å². The van der Waals surface area contributed by atoms with Crippen LogP contribution in [0.3, 0.4) is 0 Å². The van der Waals surface area contributed by atoms with Crippen LogP contribution in [0.4, 0.5) is 10.1 Å². The van der Waals surface area contributed by atoms with Gasteiger partial charge in [0, 0.05) is 11.3 Å². The number of ether oxygens (including phenoxy) is 1. The summed E-state index contributed by atoms with van der Waals surface area (Å²) in [5.74, 6) is -0.305. The van der Waals surface area contributed by atoms with Crippen molar-refractivity contribution in [2.24, 2.45) is 0 Å². The van der Waals surface area contributed by atoms with Gasteiger partial charge in [-0.15, -0.1) is 0 Å². The van der Waals surface area contributed by atoms with Crippen molar-refractivity contribution in [3.63, 3.8) is 0 Å². The molecule has 0 aliphatic carbocycles. The molecule has 2 rings (SSSR count). The molecule has 0 aliphatic heterocycles. The topological polar surface area (TPSA) is 55.5 Å². The lowest BCUT2D eigenvalue weighted by molar-refractivity contribution is 0.0267. The Hall–Kier alpha value is -1.91. The number of nitrogen functional groups attached to an aromatic ring is 1. The molecule has 0 radical (unpaired) electrons. The van der Waals surface area contributed by atoms with Crippen molar-refractivity contribution in [3.8, 4) is 0 Å². The van der Waals surface area contributed by atoms with Crippen LogP contribution < -0.4 is 5.73 Å². The number of rotatable bonds is 5. The Labute approximate surface area is 111 Å². The minimum atomic E-state index is -0.768. The molecule has 0 saturated carbocycles. The van der Waals surface area contributed by atoms with Crippen molar-refractivity contribution in [3.05, 3.63) is 65.5 Å². The number of aliphatic hydroxyl groups excluding tert-OH is 1. The summed E-state index contributed by atoms with van der Waals surface area (Å²) in [5, 5.41) is 9.92. The van der Waals surface area contributed by atoms with Crippen LogP contribution in [0.15, 0.2) is 48.5 Å². The van der Waals surface area contributed by atoms with E-state index < -0.39 is 6.10 Å². The van der Waals surface area contributed by atoms with Gasteiger partial charge in [0.2, 0.25) is 0 Å². The highest BCUT2D eigenvalue weighted by Crippen LogP contribution is 2.17. The Morgan fingerprint density at radius 1 is 1.16 bits per heavy atom. The number of nitrogens with two attached hydrogens (primary N) is 1. The van der Waals surface area contributed by atoms with Gasteiger partial charge in [-0.1, -0.05) is 30.3 Å². The summed E-state index contributed by atoms with van der Waals surface area (Å²) >= 11 is 0. The van der Waals surface area contributed by atoms with Crippen molar-refractivity contribution < 1.29 is 14.2 Å². The molecule has 0 saturated heterocycles. The van der Waals surface area contributed by atoms with Gasteiger partial charge < -0.3 is 15.6 Å². The van der Waals surface area contributed by atoms with Crippen LogP contribution in [0.1, 0.15) is 17.2 Å². The lowest BCUT2D eigenvalue weighted by Gasteiger charge is -2.12. The zero-order chi connectivity index (χ0) is 13.7. The van der Waals surface area contributed by atoms with Crippen LogP contribution in [0.2, 0.25) is 0 Å². The van der Waals surface area contributed by atoms with Gasteiger partial charge in [0.25, 0.3) is 0 Å². The lowest BCUT2D eigenvalue weighted by atomic mass is 10.1. The van der Waals surface area contributed by atoms with Crippen LogP contribution in [-0.4, -0.2) is 11.7 Å². The number of hydrogen-bond donors (Lipinski definition) is 2. The third kappa shape index (κ3) is 3.77. The van der Waals surface area contributed by atoms with E-state index in [1.807, 2.05) is 0 Å². The molecule has 3 nitrogen and oxygen atoms in total. The van der Waals surface area contributed by atoms with Gasteiger partial charge in [-0.3, -0.25) is 0 Å². The fourth-order valence-electron chi connectivity index (χ4n) is 1.76. The van der Waals surface area contributed by atoms with Crippen LogP contribution in [0, 0.1) is 5.82 Å². The SMILES string of the molecule is Nc1cccc(C(O)COCc2ccccc2F)c1. The molecule has 0 amide bonds. The highest BCUT2D eigenvalue weighted by Gasteiger charge is 2.08. The number of hydrogen-bond acceptors (Lipinski definition) is 3. The van der Waals surface area contributed by atoms with Crippen molar-refractivity contribution in [1.82, 2.24) is 0 Å². The molecule has 2 aromatic rings. The van der Waals surface area contributed by atoms with E-state index in [0.29, 0.717) is 16.8 Å². The van der Waals surface area contributed by atoms with E-state index in [9.17, 15) is 9.50 Å². The molecule has 0 bridgehead atoms. The number of halogens is 1. The molecule has 0 aliphatic rings. The Morgan fingerprint density at radius 3 is 2.68 bits per heavy atom. The fourth-order valence-corrected chi connectivity index (χ4v) is 1.76. The standard InChI is InChI=1S/C15H16FNO2/c16-14-7-2-1-4-12(14)9-19-10-15(18)11-5-3-6-13(17)8-11/h1-8,15,18H,9-10,17H2. The van der Waals surface area contributed by atoms with E-state index in [1.54, 1.807) is 42.5 Å². The zero-order valence-corrected chi connectivity index (χ0v) is 10.4. The second-order valence-corrected chi connectivity index (χ2v) is 4.29. The molecule has 0 aromatic heterocycles. The van der Waals surface area contributed by atoms with E-state index in [2.05, 4.69) is 0 Å². The van der Waals surface area contributed by atoms with Gasteiger partial charge in [-0.2, -0.15) is 0 Å². The second kappa shape index (κ2) is 6.31. The Morgan fingerprint density at radius 2 is 1.95 bits per heavy atom. The smallest absolute Gasteiger partial charge is 0.128 e. The van der Waals surface area contributed by atoms with Gasteiger partial charge in [-0.05, 0) is 23.8 Å². The molecule has 3 N–H and O–H groups in total. The van der Waals surface area contributed by atoms with E-state index in [-0.39, 0.29) is 19.0 Å². The summed E-state index contributed by atoms with van der Waals surface area (Å²) in [5.41, 5.74) is 7.39. The molecule has 0 fully saturated rings. The van der Waals surface area contributed by atoms with Crippen molar-refractivity contribution in [1.29, 1.82) is 0 Å². The average molecular weight is 261 g/mol. The number of anilines is 1. The Balaban J connectivity index is 1.88. The minimum Gasteiger partial charge on any atom is -0.399 e. The van der Waals surface area contributed by atoms with E-state index in [0.717, 1.165) is 0 Å². The van der Waals surface area contributed by atoms with Crippen LogP contribution in [0.25, 0.3) is 0 Å². The van der Waals surface area contributed by atoms with Crippen molar-refractivity contribution in [2.75, 3.05) is 12.3 Å². The van der Waals surface area contributed by atoms with Gasteiger partial charge >= 0.3 is 0 Å². The summed E-state index contributed by atoms with van der Waals surface area (Å²) < 4.78 is 18.7. The third-order valence-corrected chi connectivity index (χ3v) is 2.79.